The fourth-order valence-corrected chi connectivity index (χ4v) is 3.53. The second-order valence-electron chi connectivity index (χ2n) is 11.4. The van der Waals surface area contributed by atoms with Crippen LogP contribution < -0.4 is 10.6 Å². The minimum absolute atomic E-state index is 0.0304. The van der Waals surface area contributed by atoms with Crippen molar-refractivity contribution in [1.29, 1.82) is 5.26 Å². The number of carbonyl (C=O) groups is 2. The number of benzene rings is 2. The third-order valence-corrected chi connectivity index (χ3v) is 5.60. The molecular formula is C33H44N4O2. The summed E-state index contributed by atoms with van der Waals surface area (Å²) in [7, 11) is 0. The van der Waals surface area contributed by atoms with Gasteiger partial charge in [0.05, 0.1) is 23.5 Å². The van der Waals surface area contributed by atoms with Crippen molar-refractivity contribution in [3.05, 3.63) is 82.7 Å². The smallest absolute Gasteiger partial charge is 0.251 e. The lowest BCUT2D eigenvalue weighted by atomic mass is 9.85. The zero-order valence-corrected chi connectivity index (χ0v) is 25.2. The molecule has 0 spiro atoms. The quantitative estimate of drug-likeness (QED) is 0.334. The lowest BCUT2D eigenvalue weighted by Crippen LogP contribution is -2.32. The Morgan fingerprint density at radius 1 is 1.00 bits per heavy atom. The first kappa shape index (κ1) is 33.0. The van der Waals surface area contributed by atoms with Crippen LogP contribution in [-0.4, -0.2) is 23.8 Å². The molecule has 2 amide bonds. The van der Waals surface area contributed by atoms with Crippen molar-refractivity contribution >= 4 is 18.0 Å². The molecule has 0 radical (unpaired) electrons. The van der Waals surface area contributed by atoms with E-state index in [0.717, 1.165) is 27.9 Å². The van der Waals surface area contributed by atoms with E-state index in [1.807, 2.05) is 64.1 Å². The number of nitrogens with zero attached hydrogens (tertiary/aromatic N) is 2. The molecule has 2 N–H and O–H groups in total. The van der Waals surface area contributed by atoms with Gasteiger partial charge in [0.1, 0.15) is 0 Å². The zero-order valence-electron chi connectivity index (χ0n) is 25.2. The number of nitrogens with one attached hydrogen (secondary N) is 2. The molecule has 1 heterocycles. The first-order chi connectivity index (χ1) is 18.2. The molecule has 6 nitrogen and oxygen atoms in total. The third kappa shape index (κ3) is 11.1. The highest BCUT2D eigenvalue weighted by Gasteiger charge is 2.15. The average Bonchev–Trinajstić information content (AvgIpc) is 2.89. The molecule has 0 atom stereocenters. The standard InChI is InChI=1S/C19H23N3O2.C12H15N.C2H6/c1-13-17(9-16(10-20-13)22-12-23)14-6-5-7-15(8-14)18(24)21-11-19(2,3)4;1-9-5-10(8-13)7-11(6-9)12(2,3)4;1-2/h5-10,12H,11H2,1-4H3,(H,21,24)(H,22,23);5-7H,1-4H3;1-2H3. The second-order valence-corrected chi connectivity index (χ2v) is 11.4. The van der Waals surface area contributed by atoms with Gasteiger partial charge in [-0.15, -0.1) is 0 Å². The van der Waals surface area contributed by atoms with Crippen LogP contribution in [0.4, 0.5) is 5.69 Å². The number of nitriles is 1. The highest BCUT2D eigenvalue weighted by molar-refractivity contribution is 5.95. The molecule has 0 saturated heterocycles. The summed E-state index contributed by atoms with van der Waals surface area (Å²) in [6, 6.07) is 17.5. The van der Waals surface area contributed by atoms with Gasteiger partial charge in [0.15, 0.2) is 0 Å². The van der Waals surface area contributed by atoms with Gasteiger partial charge in [0, 0.05) is 23.4 Å². The van der Waals surface area contributed by atoms with Crippen LogP contribution in [0.25, 0.3) is 11.1 Å². The molecule has 208 valence electrons. The van der Waals surface area contributed by atoms with Crippen LogP contribution >= 0.6 is 0 Å². The molecule has 39 heavy (non-hydrogen) atoms. The molecule has 3 aromatic rings. The number of hydrogen-bond donors (Lipinski definition) is 2. The van der Waals surface area contributed by atoms with E-state index in [4.69, 9.17) is 5.26 Å². The number of aryl methyl sites for hydroxylation is 2. The Morgan fingerprint density at radius 3 is 2.23 bits per heavy atom. The first-order valence-electron chi connectivity index (χ1n) is 13.3. The Labute approximate surface area is 234 Å². The largest absolute Gasteiger partial charge is 0.352 e. The highest BCUT2D eigenvalue weighted by atomic mass is 16.1. The summed E-state index contributed by atoms with van der Waals surface area (Å²) in [4.78, 5) is 27.3. The van der Waals surface area contributed by atoms with E-state index in [2.05, 4.69) is 69.3 Å². The van der Waals surface area contributed by atoms with Crippen LogP contribution in [0.1, 0.15) is 88.1 Å². The summed E-state index contributed by atoms with van der Waals surface area (Å²) in [5, 5.41) is 14.3. The summed E-state index contributed by atoms with van der Waals surface area (Å²) in [5.74, 6) is -0.0976. The maximum Gasteiger partial charge on any atom is 0.251 e. The van der Waals surface area contributed by atoms with Crippen LogP contribution in [0.15, 0.2) is 54.7 Å². The Hall–Kier alpha value is -3.98. The van der Waals surface area contributed by atoms with Gasteiger partial charge in [-0.3, -0.25) is 14.6 Å². The summed E-state index contributed by atoms with van der Waals surface area (Å²) in [5.41, 5.74) is 7.11. The van der Waals surface area contributed by atoms with Crippen molar-refractivity contribution in [1.82, 2.24) is 10.3 Å². The van der Waals surface area contributed by atoms with Gasteiger partial charge in [-0.2, -0.15) is 5.26 Å². The monoisotopic (exact) mass is 528 g/mol. The van der Waals surface area contributed by atoms with Crippen LogP contribution in [0, 0.1) is 30.6 Å². The molecule has 0 fully saturated rings. The van der Waals surface area contributed by atoms with Gasteiger partial charge < -0.3 is 10.6 Å². The SMILES string of the molecule is CC.Cc1cc(C#N)cc(C(C)(C)C)c1.Cc1ncc(NC=O)cc1-c1cccc(C(=O)NCC(C)(C)C)c1. The predicted octanol–water partition coefficient (Wildman–Crippen LogP) is 7.59. The van der Waals surface area contributed by atoms with Crippen molar-refractivity contribution < 1.29 is 9.59 Å². The lowest BCUT2D eigenvalue weighted by molar-refractivity contribution is -0.105. The van der Waals surface area contributed by atoms with Crippen LogP contribution in [0.3, 0.4) is 0 Å². The maximum atomic E-state index is 12.3. The Bertz CT molecular complexity index is 1290. The molecule has 0 unspecified atom stereocenters. The molecule has 0 saturated carbocycles. The molecule has 2 aromatic carbocycles. The molecule has 6 heteroatoms. The van der Waals surface area contributed by atoms with Gasteiger partial charge in [-0.1, -0.05) is 73.6 Å². The third-order valence-electron chi connectivity index (χ3n) is 5.60. The average molecular weight is 529 g/mol. The molecular weight excluding hydrogens is 484 g/mol. The van der Waals surface area contributed by atoms with E-state index >= 15 is 0 Å². The highest BCUT2D eigenvalue weighted by Crippen LogP contribution is 2.26. The van der Waals surface area contributed by atoms with Crippen LogP contribution in [0.2, 0.25) is 0 Å². The molecule has 0 bridgehead atoms. The lowest BCUT2D eigenvalue weighted by Gasteiger charge is -2.19. The van der Waals surface area contributed by atoms with Crippen molar-refractivity contribution in [3.63, 3.8) is 0 Å². The minimum Gasteiger partial charge on any atom is -0.352 e. The number of pyridine rings is 1. The number of amides is 2. The number of anilines is 1. The zero-order chi connectivity index (χ0) is 29.8. The Kier molecular flexibility index (Phi) is 12.6. The summed E-state index contributed by atoms with van der Waals surface area (Å²) < 4.78 is 0. The number of rotatable bonds is 5. The van der Waals surface area contributed by atoms with E-state index in [1.165, 1.54) is 5.56 Å². The van der Waals surface area contributed by atoms with E-state index in [0.29, 0.717) is 24.2 Å². The van der Waals surface area contributed by atoms with E-state index in [9.17, 15) is 9.59 Å². The summed E-state index contributed by atoms with van der Waals surface area (Å²) in [6.07, 6.45) is 2.22. The van der Waals surface area contributed by atoms with Gasteiger partial charge in [0.25, 0.3) is 5.91 Å². The van der Waals surface area contributed by atoms with E-state index in [-0.39, 0.29) is 16.7 Å². The van der Waals surface area contributed by atoms with Crippen molar-refractivity contribution in [2.75, 3.05) is 11.9 Å². The normalized spacial score (nSPS) is 10.6. The maximum absolute atomic E-state index is 12.3. The summed E-state index contributed by atoms with van der Waals surface area (Å²) in [6.45, 7) is 21.2. The van der Waals surface area contributed by atoms with Crippen LogP contribution in [-0.2, 0) is 10.2 Å². The topological polar surface area (TPSA) is 94.9 Å². The fraction of sp³-hybridized carbons (Fsp3) is 0.394. The second kappa shape index (κ2) is 14.8. The predicted molar refractivity (Wildman–Crippen MR) is 162 cm³/mol. The molecule has 0 aliphatic carbocycles. The van der Waals surface area contributed by atoms with Crippen molar-refractivity contribution in [3.8, 4) is 17.2 Å². The van der Waals surface area contributed by atoms with E-state index < -0.39 is 0 Å². The number of aromatic nitrogens is 1. The Balaban J connectivity index is 0.000000428. The molecule has 1 aromatic heterocycles. The van der Waals surface area contributed by atoms with Crippen molar-refractivity contribution in [2.24, 2.45) is 5.41 Å². The van der Waals surface area contributed by atoms with Gasteiger partial charge >= 0.3 is 0 Å². The molecule has 0 aliphatic rings. The van der Waals surface area contributed by atoms with Gasteiger partial charge in [0.2, 0.25) is 6.41 Å². The number of hydrogen-bond acceptors (Lipinski definition) is 4. The van der Waals surface area contributed by atoms with Gasteiger partial charge in [-0.05, 0) is 71.7 Å². The molecule has 3 rings (SSSR count). The first-order valence-corrected chi connectivity index (χ1v) is 13.3. The van der Waals surface area contributed by atoms with Crippen molar-refractivity contribution in [2.45, 2.75) is 74.7 Å². The van der Waals surface area contributed by atoms with Gasteiger partial charge in [-0.25, -0.2) is 0 Å². The fourth-order valence-electron chi connectivity index (χ4n) is 3.53. The molecule has 0 aliphatic heterocycles. The number of carbonyl (C=O) groups excluding carboxylic acids is 2. The van der Waals surface area contributed by atoms with E-state index in [1.54, 1.807) is 12.3 Å². The van der Waals surface area contributed by atoms with Crippen LogP contribution in [0.5, 0.6) is 0 Å². The minimum atomic E-state index is -0.0976. The summed E-state index contributed by atoms with van der Waals surface area (Å²) >= 11 is 0. The Morgan fingerprint density at radius 2 is 1.67 bits per heavy atom.